The van der Waals surface area contributed by atoms with E-state index in [-0.39, 0.29) is 10.6 Å². The van der Waals surface area contributed by atoms with E-state index >= 15 is 0 Å². The molecule has 0 fully saturated rings. The van der Waals surface area contributed by atoms with E-state index in [0.717, 1.165) is 18.4 Å². The maximum absolute atomic E-state index is 10.4. The molecule has 0 saturated carbocycles. The summed E-state index contributed by atoms with van der Waals surface area (Å²) in [5, 5.41) is 10.4. The summed E-state index contributed by atoms with van der Waals surface area (Å²) in [6.07, 6.45) is 1.96. The molecule has 1 aromatic rings. The van der Waals surface area contributed by atoms with Crippen molar-refractivity contribution in [3.8, 4) is 0 Å². The van der Waals surface area contributed by atoms with E-state index in [4.69, 9.17) is 0 Å². The molecule has 0 aromatic heterocycles. The smallest absolute Gasteiger partial charge is 0.258 e. The first-order valence-electron chi connectivity index (χ1n) is 4.51. The summed E-state index contributed by atoms with van der Waals surface area (Å²) in [6, 6.07) is 6.71. The van der Waals surface area contributed by atoms with Crippen LogP contribution in [0.4, 0.5) is 5.69 Å². The molecule has 1 rings (SSSR count). The Labute approximate surface area is 91.4 Å². The predicted molar refractivity (Wildman–Crippen MR) is 59.8 cm³/mol. The van der Waals surface area contributed by atoms with Gasteiger partial charge in [0, 0.05) is 17.0 Å². The fraction of sp³-hybridized carbons (Fsp3) is 0.400. The molecule has 1 aromatic carbocycles. The fourth-order valence-electron chi connectivity index (χ4n) is 1.15. The maximum Gasteiger partial charge on any atom is 0.269 e. The van der Waals surface area contributed by atoms with Gasteiger partial charge in [-0.1, -0.05) is 35.0 Å². The lowest BCUT2D eigenvalue weighted by Gasteiger charge is -2.05. The van der Waals surface area contributed by atoms with Crippen molar-refractivity contribution in [2.24, 2.45) is 0 Å². The second-order valence-corrected chi connectivity index (χ2v) is 4.43. The highest BCUT2D eigenvalue weighted by molar-refractivity contribution is 9.09. The van der Waals surface area contributed by atoms with Crippen LogP contribution in [-0.4, -0.2) is 9.75 Å². The quantitative estimate of drug-likeness (QED) is 0.472. The lowest BCUT2D eigenvalue weighted by Crippen LogP contribution is -2.00. The van der Waals surface area contributed by atoms with E-state index in [1.54, 1.807) is 12.1 Å². The highest BCUT2D eigenvalue weighted by atomic mass is 79.9. The first-order chi connectivity index (χ1) is 6.63. The van der Waals surface area contributed by atoms with Crippen molar-refractivity contribution in [1.82, 2.24) is 0 Å². The molecular weight excluding hydrogens is 246 g/mol. The van der Waals surface area contributed by atoms with Gasteiger partial charge in [0.1, 0.15) is 0 Å². The molecule has 76 valence electrons. The zero-order valence-electron chi connectivity index (χ0n) is 7.94. The molecule has 0 saturated heterocycles. The second-order valence-electron chi connectivity index (χ2n) is 3.13. The Balaban J connectivity index is 2.68. The van der Waals surface area contributed by atoms with Crippen molar-refractivity contribution in [2.75, 3.05) is 0 Å². The van der Waals surface area contributed by atoms with Crippen molar-refractivity contribution >= 4 is 21.6 Å². The second kappa shape index (κ2) is 5.10. The zero-order valence-corrected chi connectivity index (χ0v) is 9.53. The summed E-state index contributed by atoms with van der Waals surface area (Å²) in [7, 11) is 0. The molecule has 0 amide bonds. The molecule has 1 unspecified atom stereocenters. The van der Waals surface area contributed by atoms with Gasteiger partial charge in [-0.05, 0) is 18.4 Å². The van der Waals surface area contributed by atoms with Crippen LogP contribution >= 0.6 is 15.9 Å². The summed E-state index contributed by atoms with van der Waals surface area (Å²) in [6.45, 7) is 2.10. The van der Waals surface area contributed by atoms with E-state index in [1.807, 2.05) is 12.1 Å². The number of nitrogens with zero attached hydrogens (tertiary/aromatic N) is 1. The lowest BCUT2D eigenvalue weighted by molar-refractivity contribution is -0.384. The van der Waals surface area contributed by atoms with Crippen LogP contribution < -0.4 is 0 Å². The van der Waals surface area contributed by atoms with E-state index in [0.29, 0.717) is 4.83 Å². The van der Waals surface area contributed by atoms with Crippen molar-refractivity contribution in [2.45, 2.75) is 24.6 Å². The van der Waals surface area contributed by atoms with Gasteiger partial charge < -0.3 is 0 Å². The monoisotopic (exact) mass is 257 g/mol. The molecule has 0 N–H and O–H groups in total. The number of hydrogen-bond donors (Lipinski definition) is 0. The molecule has 1 atom stereocenters. The number of non-ortho nitro benzene ring substituents is 1. The largest absolute Gasteiger partial charge is 0.269 e. The molecule has 0 aliphatic heterocycles. The fourth-order valence-corrected chi connectivity index (χ4v) is 1.53. The average molecular weight is 258 g/mol. The Hall–Kier alpha value is -0.900. The Morgan fingerprint density at radius 3 is 2.43 bits per heavy atom. The molecule has 0 bridgehead atoms. The molecule has 0 spiro atoms. The SMILES string of the molecule is CCC(Br)Cc1ccc([N+](=O)[O-])cc1. The number of halogens is 1. The van der Waals surface area contributed by atoms with Crippen LogP contribution in [0.25, 0.3) is 0 Å². The lowest BCUT2D eigenvalue weighted by atomic mass is 10.1. The van der Waals surface area contributed by atoms with Crippen molar-refractivity contribution in [1.29, 1.82) is 0 Å². The molecule has 14 heavy (non-hydrogen) atoms. The van der Waals surface area contributed by atoms with Gasteiger partial charge in [-0.3, -0.25) is 10.1 Å². The molecule has 3 nitrogen and oxygen atoms in total. The Morgan fingerprint density at radius 1 is 1.43 bits per heavy atom. The normalized spacial score (nSPS) is 12.4. The summed E-state index contributed by atoms with van der Waals surface area (Å²) in [4.78, 5) is 10.5. The number of rotatable bonds is 4. The summed E-state index contributed by atoms with van der Waals surface area (Å²) in [5.41, 5.74) is 1.27. The average Bonchev–Trinajstić information content (AvgIpc) is 2.18. The van der Waals surface area contributed by atoms with Gasteiger partial charge in [0.05, 0.1) is 4.92 Å². The molecular formula is C10H12BrNO2. The first kappa shape index (κ1) is 11.2. The topological polar surface area (TPSA) is 43.1 Å². The molecule has 0 aliphatic carbocycles. The third-order valence-corrected chi connectivity index (χ3v) is 3.02. The number of hydrogen-bond acceptors (Lipinski definition) is 2. The van der Waals surface area contributed by atoms with Crippen LogP contribution in [0.2, 0.25) is 0 Å². The third kappa shape index (κ3) is 3.10. The van der Waals surface area contributed by atoms with Crippen LogP contribution in [-0.2, 0) is 6.42 Å². The van der Waals surface area contributed by atoms with Crippen LogP contribution in [0.1, 0.15) is 18.9 Å². The third-order valence-electron chi connectivity index (χ3n) is 2.05. The minimum Gasteiger partial charge on any atom is -0.258 e. The number of benzene rings is 1. The van der Waals surface area contributed by atoms with Crippen molar-refractivity contribution < 1.29 is 4.92 Å². The van der Waals surface area contributed by atoms with Crippen molar-refractivity contribution in [3.05, 3.63) is 39.9 Å². The van der Waals surface area contributed by atoms with Crippen LogP contribution in [0.3, 0.4) is 0 Å². The van der Waals surface area contributed by atoms with Crippen molar-refractivity contribution in [3.63, 3.8) is 0 Å². The predicted octanol–water partition coefficient (Wildman–Crippen LogP) is 3.31. The standard InChI is InChI=1S/C10H12BrNO2/c1-2-9(11)7-8-3-5-10(6-4-8)12(13)14/h3-6,9H,2,7H2,1H3. The maximum atomic E-state index is 10.4. The van der Waals surface area contributed by atoms with Gasteiger partial charge in [0.15, 0.2) is 0 Å². The summed E-state index contributed by atoms with van der Waals surface area (Å²) in [5.74, 6) is 0. The van der Waals surface area contributed by atoms with Gasteiger partial charge in [-0.25, -0.2) is 0 Å². The molecule has 4 heteroatoms. The number of alkyl halides is 1. The first-order valence-corrected chi connectivity index (χ1v) is 5.42. The minimum atomic E-state index is -0.380. The van der Waals surface area contributed by atoms with Gasteiger partial charge in [-0.15, -0.1) is 0 Å². The molecule has 0 radical (unpaired) electrons. The van der Waals surface area contributed by atoms with E-state index in [9.17, 15) is 10.1 Å². The van der Waals surface area contributed by atoms with Gasteiger partial charge in [0.2, 0.25) is 0 Å². The number of nitro benzene ring substituents is 1. The summed E-state index contributed by atoms with van der Waals surface area (Å²) < 4.78 is 0. The highest BCUT2D eigenvalue weighted by Crippen LogP contribution is 2.16. The van der Waals surface area contributed by atoms with Gasteiger partial charge in [0.25, 0.3) is 5.69 Å². The minimum absolute atomic E-state index is 0.149. The van der Waals surface area contributed by atoms with E-state index in [2.05, 4.69) is 22.9 Å². The van der Waals surface area contributed by atoms with Gasteiger partial charge >= 0.3 is 0 Å². The Kier molecular flexibility index (Phi) is 4.07. The van der Waals surface area contributed by atoms with Crippen LogP contribution in [0.15, 0.2) is 24.3 Å². The molecule has 0 heterocycles. The Morgan fingerprint density at radius 2 is 2.00 bits per heavy atom. The van der Waals surface area contributed by atoms with Crippen LogP contribution in [0.5, 0.6) is 0 Å². The van der Waals surface area contributed by atoms with E-state index < -0.39 is 0 Å². The molecule has 0 aliphatic rings. The van der Waals surface area contributed by atoms with Crippen LogP contribution in [0, 0.1) is 10.1 Å². The zero-order chi connectivity index (χ0) is 10.6. The summed E-state index contributed by atoms with van der Waals surface area (Å²) >= 11 is 3.53. The Bertz CT molecular complexity index is 310. The van der Waals surface area contributed by atoms with Gasteiger partial charge in [-0.2, -0.15) is 0 Å². The number of nitro groups is 1. The highest BCUT2D eigenvalue weighted by Gasteiger charge is 2.06. The van der Waals surface area contributed by atoms with E-state index in [1.165, 1.54) is 0 Å².